The van der Waals surface area contributed by atoms with Crippen molar-refractivity contribution in [1.29, 1.82) is 0 Å². The van der Waals surface area contributed by atoms with Gasteiger partial charge in [-0.15, -0.1) is 0 Å². The van der Waals surface area contributed by atoms with Gasteiger partial charge in [0.1, 0.15) is 0 Å². The Morgan fingerprint density at radius 1 is 1.42 bits per heavy atom. The van der Waals surface area contributed by atoms with Gasteiger partial charge >= 0.3 is 0 Å². The molecule has 4 heteroatoms. The van der Waals surface area contributed by atoms with Crippen LogP contribution < -0.4 is 16.0 Å². The van der Waals surface area contributed by atoms with Crippen LogP contribution in [-0.2, 0) is 4.79 Å². The number of hydrogen-bond donors (Lipinski definition) is 2. The molecule has 4 nitrogen and oxygen atoms in total. The van der Waals surface area contributed by atoms with Gasteiger partial charge in [-0.25, -0.2) is 0 Å². The first-order chi connectivity index (χ1) is 8.82. The molecule has 1 amide bonds. The molecule has 0 spiro atoms. The first-order valence-corrected chi connectivity index (χ1v) is 6.70. The highest BCUT2D eigenvalue weighted by Gasteiger charge is 2.44. The van der Waals surface area contributed by atoms with Crippen LogP contribution in [-0.4, -0.2) is 25.5 Å². The molecule has 1 fully saturated rings. The second-order valence-electron chi connectivity index (χ2n) is 5.90. The van der Waals surface area contributed by atoms with Crippen molar-refractivity contribution < 1.29 is 4.79 Å². The summed E-state index contributed by atoms with van der Waals surface area (Å²) >= 11 is 0. The van der Waals surface area contributed by atoms with Crippen molar-refractivity contribution >= 4 is 17.3 Å². The highest BCUT2D eigenvalue weighted by Crippen LogP contribution is 2.38. The molecule has 1 aliphatic carbocycles. The average molecular weight is 261 g/mol. The van der Waals surface area contributed by atoms with Crippen LogP contribution in [0.3, 0.4) is 0 Å². The molecular weight excluding hydrogens is 238 g/mol. The molecule has 1 aromatic rings. The van der Waals surface area contributed by atoms with E-state index in [0.29, 0.717) is 5.92 Å². The number of rotatable bonds is 4. The maximum atomic E-state index is 12.2. The van der Waals surface area contributed by atoms with Gasteiger partial charge in [0.05, 0.1) is 5.54 Å². The molecular formula is C15H23N3O. The topological polar surface area (TPSA) is 58.4 Å². The van der Waals surface area contributed by atoms with E-state index in [9.17, 15) is 4.79 Å². The number of nitrogens with two attached hydrogens (primary N) is 1. The number of hydrogen-bond acceptors (Lipinski definition) is 3. The third-order valence-electron chi connectivity index (χ3n) is 3.89. The molecule has 2 rings (SSSR count). The van der Waals surface area contributed by atoms with Gasteiger partial charge in [-0.1, -0.05) is 0 Å². The lowest BCUT2D eigenvalue weighted by atomic mass is 9.96. The predicted octanol–water partition coefficient (Wildman–Crippen LogP) is 2.13. The number of amides is 1. The summed E-state index contributed by atoms with van der Waals surface area (Å²) in [5.41, 5.74) is 8.37. The van der Waals surface area contributed by atoms with E-state index in [2.05, 4.69) is 11.4 Å². The third-order valence-corrected chi connectivity index (χ3v) is 3.89. The fourth-order valence-electron chi connectivity index (χ4n) is 2.19. The minimum Gasteiger partial charge on any atom is -0.378 e. The first kappa shape index (κ1) is 13.9. The van der Waals surface area contributed by atoms with E-state index in [1.807, 2.05) is 45.0 Å². The molecule has 1 saturated carbocycles. The number of aryl methyl sites for hydroxylation is 1. The highest BCUT2D eigenvalue weighted by atomic mass is 16.2. The van der Waals surface area contributed by atoms with Crippen LogP contribution in [0, 0.1) is 12.8 Å². The van der Waals surface area contributed by atoms with Crippen LogP contribution in [0.4, 0.5) is 11.4 Å². The highest BCUT2D eigenvalue weighted by molar-refractivity contribution is 5.98. The Morgan fingerprint density at radius 2 is 2.05 bits per heavy atom. The average Bonchev–Trinajstić information content (AvgIpc) is 3.15. The normalized spacial score (nSPS) is 17.7. The summed E-state index contributed by atoms with van der Waals surface area (Å²) in [6, 6.07) is 5.99. The number of benzene rings is 1. The van der Waals surface area contributed by atoms with Gasteiger partial charge in [-0.2, -0.15) is 0 Å². The van der Waals surface area contributed by atoms with Crippen molar-refractivity contribution in [2.75, 3.05) is 24.3 Å². The molecule has 0 aliphatic heterocycles. The molecule has 19 heavy (non-hydrogen) atoms. The van der Waals surface area contributed by atoms with Gasteiger partial charge < -0.3 is 16.0 Å². The SMILES string of the molecule is Cc1cc(N(C)C)ccc1NC(=O)C(C)(N)C1CC1. The molecule has 1 unspecified atom stereocenters. The summed E-state index contributed by atoms with van der Waals surface area (Å²) in [4.78, 5) is 14.3. The molecule has 0 aromatic heterocycles. The zero-order valence-corrected chi connectivity index (χ0v) is 12.2. The summed E-state index contributed by atoms with van der Waals surface area (Å²) in [5.74, 6) is 0.240. The Balaban J connectivity index is 2.13. The molecule has 0 heterocycles. The second-order valence-corrected chi connectivity index (χ2v) is 5.90. The molecule has 1 aliphatic rings. The van der Waals surface area contributed by atoms with Gasteiger partial charge in [-0.05, 0) is 56.4 Å². The van der Waals surface area contributed by atoms with Crippen LogP contribution >= 0.6 is 0 Å². The van der Waals surface area contributed by atoms with Gasteiger partial charge in [0.2, 0.25) is 5.91 Å². The Hall–Kier alpha value is -1.55. The molecule has 3 N–H and O–H groups in total. The fraction of sp³-hybridized carbons (Fsp3) is 0.533. The summed E-state index contributed by atoms with van der Waals surface area (Å²) < 4.78 is 0. The van der Waals surface area contributed by atoms with Gasteiger partial charge in [-0.3, -0.25) is 4.79 Å². The molecule has 1 atom stereocenters. The second kappa shape index (κ2) is 4.85. The molecule has 0 radical (unpaired) electrons. The summed E-state index contributed by atoms with van der Waals surface area (Å²) in [6.07, 6.45) is 2.11. The number of carbonyl (C=O) groups is 1. The molecule has 0 bridgehead atoms. The fourth-order valence-corrected chi connectivity index (χ4v) is 2.19. The van der Waals surface area contributed by atoms with Gasteiger partial charge in [0.25, 0.3) is 0 Å². The zero-order valence-electron chi connectivity index (χ0n) is 12.2. The van der Waals surface area contributed by atoms with Crippen LogP contribution in [0.25, 0.3) is 0 Å². The van der Waals surface area contributed by atoms with E-state index in [1.54, 1.807) is 0 Å². The maximum Gasteiger partial charge on any atom is 0.244 e. The van der Waals surface area contributed by atoms with E-state index in [0.717, 1.165) is 29.8 Å². The standard InChI is InChI=1S/C15H23N3O/c1-10-9-12(18(3)4)7-8-13(10)17-14(19)15(2,16)11-5-6-11/h7-9,11H,5-6,16H2,1-4H3,(H,17,19). The summed E-state index contributed by atoms with van der Waals surface area (Å²) in [7, 11) is 3.99. The number of nitrogens with one attached hydrogen (secondary N) is 1. The van der Waals surface area contributed by atoms with E-state index < -0.39 is 5.54 Å². The molecule has 104 valence electrons. The lowest BCUT2D eigenvalue weighted by Gasteiger charge is -2.24. The van der Waals surface area contributed by atoms with Crippen molar-refractivity contribution in [3.05, 3.63) is 23.8 Å². The zero-order chi connectivity index (χ0) is 14.2. The quantitative estimate of drug-likeness (QED) is 0.873. The van der Waals surface area contributed by atoms with Crippen LogP contribution in [0.2, 0.25) is 0 Å². The predicted molar refractivity (Wildman–Crippen MR) is 79.5 cm³/mol. The molecule has 0 saturated heterocycles. The largest absolute Gasteiger partial charge is 0.378 e. The van der Waals surface area contributed by atoms with E-state index in [-0.39, 0.29) is 5.91 Å². The Bertz CT molecular complexity index is 490. The number of nitrogens with zero attached hydrogens (tertiary/aromatic N) is 1. The lowest BCUT2D eigenvalue weighted by Crippen LogP contribution is -2.50. The van der Waals surface area contributed by atoms with Crippen LogP contribution in [0.1, 0.15) is 25.3 Å². The van der Waals surface area contributed by atoms with Crippen molar-refractivity contribution in [2.24, 2.45) is 11.7 Å². The Kier molecular flexibility index (Phi) is 3.54. The van der Waals surface area contributed by atoms with E-state index in [4.69, 9.17) is 5.73 Å². The van der Waals surface area contributed by atoms with Crippen molar-refractivity contribution in [2.45, 2.75) is 32.2 Å². The third kappa shape index (κ3) is 2.89. The summed E-state index contributed by atoms with van der Waals surface area (Å²) in [5, 5.41) is 2.96. The Labute approximate surface area is 115 Å². The first-order valence-electron chi connectivity index (χ1n) is 6.70. The number of anilines is 2. The van der Waals surface area contributed by atoms with E-state index in [1.165, 1.54) is 0 Å². The van der Waals surface area contributed by atoms with Gasteiger partial charge in [0, 0.05) is 25.5 Å². The molecule has 1 aromatic carbocycles. The van der Waals surface area contributed by atoms with Crippen LogP contribution in [0.5, 0.6) is 0 Å². The van der Waals surface area contributed by atoms with Gasteiger partial charge in [0.15, 0.2) is 0 Å². The number of carbonyl (C=O) groups excluding carboxylic acids is 1. The lowest BCUT2D eigenvalue weighted by molar-refractivity contribution is -0.121. The monoisotopic (exact) mass is 261 g/mol. The van der Waals surface area contributed by atoms with Crippen molar-refractivity contribution in [3.8, 4) is 0 Å². The van der Waals surface area contributed by atoms with Crippen LogP contribution in [0.15, 0.2) is 18.2 Å². The summed E-state index contributed by atoms with van der Waals surface area (Å²) in [6.45, 7) is 3.82. The maximum absolute atomic E-state index is 12.2. The smallest absolute Gasteiger partial charge is 0.244 e. The van der Waals surface area contributed by atoms with Crippen molar-refractivity contribution in [3.63, 3.8) is 0 Å². The minimum atomic E-state index is -0.757. The minimum absolute atomic E-state index is 0.0873. The van der Waals surface area contributed by atoms with Crippen molar-refractivity contribution in [1.82, 2.24) is 0 Å². The van der Waals surface area contributed by atoms with E-state index >= 15 is 0 Å². The Morgan fingerprint density at radius 3 is 2.53 bits per heavy atom.